The normalized spacial score (nSPS) is 24.8. The third kappa shape index (κ3) is 3.40. The van der Waals surface area contributed by atoms with Crippen LogP contribution in [0.2, 0.25) is 0 Å². The van der Waals surface area contributed by atoms with E-state index in [2.05, 4.69) is 28.8 Å². The van der Waals surface area contributed by atoms with Crippen molar-refractivity contribution >= 4 is 16.9 Å². The largest absolute Gasteiger partial charge is 0.347 e. The SMILES string of the molecule is CSC(=NC#N)N1CCCN(C)CC1C. The zero-order chi connectivity index (χ0) is 11.3. The van der Waals surface area contributed by atoms with Gasteiger partial charge in [0.2, 0.25) is 6.19 Å². The first-order valence-corrected chi connectivity index (χ1v) is 6.37. The molecule has 4 nitrogen and oxygen atoms in total. The van der Waals surface area contributed by atoms with Crippen molar-refractivity contribution in [1.29, 1.82) is 5.26 Å². The van der Waals surface area contributed by atoms with Gasteiger partial charge in [-0.25, -0.2) is 0 Å². The number of hydrogen-bond donors (Lipinski definition) is 0. The number of hydrogen-bond acceptors (Lipinski definition) is 4. The van der Waals surface area contributed by atoms with Gasteiger partial charge in [-0.15, -0.1) is 4.99 Å². The standard InChI is InChI=1S/C10H18N4S/c1-9-7-13(2)5-4-6-14(9)10(15-3)12-8-11/h9H,4-7H2,1-3H3. The van der Waals surface area contributed by atoms with Gasteiger partial charge in [0.1, 0.15) is 0 Å². The molecule has 1 aliphatic rings. The number of nitriles is 1. The van der Waals surface area contributed by atoms with E-state index in [-0.39, 0.29) is 0 Å². The lowest BCUT2D eigenvalue weighted by molar-refractivity contribution is 0.288. The predicted octanol–water partition coefficient (Wildman–Crippen LogP) is 1.21. The molecule has 0 spiro atoms. The van der Waals surface area contributed by atoms with Crippen LogP contribution in [0.15, 0.2) is 4.99 Å². The zero-order valence-corrected chi connectivity index (χ0v) is 10.4. The van der Waals surface area contributed by atoms with Gasteiger partial charge in [0.05, 0.1) is 0 Å². The van der Waals surface area contributed by atoms with Crippen molar-refractivity contribution in [2.75, 3.05) is 32.9 Å². The molecule has 1 heterocycles. The number of nitrogens with zero attached hydrogens (tertiary/aromatic N) is 4. The molecule has 0 radical (unpaired) electrons. The molecule has 0 amide bonds. The second-order valence-corrected chi connectivity index (χ2v) is 4.63. The predicted molar refractivity (Wildman–Crippen MR) is 64.8 cm³/mol. The Morgan fingerprint density at radius 3 is 2.87 bits per heavy atom. The molecular formula is C10H18N4S. The highest BCUT2D eigenvalue weighted by molar-refractivity contribution is 8.13. The first-order chi connectivity index (χ1) is 7.19. The summed E-state index contributed by atoms with van der Waals surface area (Å²) in [7, 11) is 2.14. The van der Waals surface area contributed by atoms with E-state index < -0.39 is 0 Å². The average molecular weight is 226 g/mol. The zero-order valence-electron chi connectivity index (χ0n) is 9.60. The molecule has 5 heteroatoms. The fourth-order valence-electron chi connectivity index (χ4n) is 1.93. The first-order valence-electron chi connectivity index (χ1n) is 5.15. The summed E-state index contributed by atoms with van der Waals surface area (Å²) in [5.41, 5.74) is 0. The van der Waals surface area contributed by atoms with Crippen molar-refractivity contribution < 1.29 is 0 Å². The summed E-state index contributed by atoms with van der Waals surface area (Å²) < 4.78 is 0. The number of amidine groups is 1. The van der Waals surface area contributed by atoms with Crippen LogP contribution in [0.4, 0.5) is 0 Å². The van der Waals surface area contributed by atoms with Crippen molar-refractivity contribution in [1.82, 2.24) is 9.80 Å². The fourth-order valence-corrected chi connectivity index (χ4v) is 2.56. The van der Waals surface area contributed by atoms with Gasteiger partial charge in [-0.3, -0.25) is 0 Å². The second kappa shape index (κ2) is 5.99. The third-order valence-corrected chi connectivity index (χ3v) is 3.31. The maximum atomic E-state index is 8.62. The molecule has 0 N–H and O–H groups in total. The van der Waals surface area contributed by atoms with Crippen LogP contribution in [0.25, 0.3) is 0 Å². The Bertz CT molecular complexity index is 271. The van der Waals surface area contributed by atoms with Gasteiger partial charge in [0.15, 0.2) is 5.17 Å². The van der Waals surface area contributed by atoms with Gasteiger partial charge in [0.25, 0.3) is 0 Å². The molecule has 84 valence electrons. The van der Waals surface area contributed by atoms with Gasteiger partial charge in [-0.1, -0.05) is 11.8 Å². The molecule has 0 aromatic carbocycles. The highest BCUT2D eigenvalue weighted by Gasteiger charge is 2.22. The minimum atomic E-state index is 0.428. The summed E-state index contributed by atoms with van der Waals surface area (Å²) in [4.78, 5) is 8.44. The van der Waals surface area contributed by atoms with Gasteiger partial charge in [-0.2, -0.15) is 5.26 Å². The number of thioether (sulfide) groups is 1. The molecule has 0 bridgehead atoms. The lowest BCUT2D eigenvalue weighted by atomic mass is 10.3. The summed E-state index contributed by atoms with van der Waals surface area (Å²) in [5, 5.41) is 9.47. The number of aliphatic imine (C=N–C) groups is 1. The molecule has 0 aliphatic carbocycles. The summed E-state index contributed by atoms with van der Waals surface area (Å²) in [6, 6.07) is 0.428. The Labute approximate surface area is 95.9 Å². The van der Waals surface area contributed by atoms with Crippen LogP contribution in [0.3, 0.4) is 0 Å². The van der Waals surface area contributed by atoms with E-state index in [0.29, 0.717) is 6.04 Å². The van der Waals surface area contributed by atoms with Crippen molar-refractivity contribution in [2.24, 2.45) is 4.99 Å². The van der Waals surface area contributed by atoms with Crippen LogP contribution in [-0.4, -0.2) is 53.9 Å². The molecule has 1 atom stereocenters. The highest BCUT2D eigenvalue weighted by Crippen LogP contribution is 2.14. The topological polar surface area (TPSA) is 42.6 Å². The van der Waals surface area contributed by atoms with E-state index in [9.17, 15) is 0 Å². The minimum absolute atomic E-state index is 0.428. The van der Waals surface area contributed by atoms with E-state index in [4.69, 9.17) is 5.26 Å². The first kappa shape index (κ1) is 12.3. The molecule has 1 fully saturated rings. The summed E-state index contributed by atoms with van der Waals surface area (Å²) in [6.45, 7) is 5.33. The van der Waals surface area contributed by atoms with Crippen LogP contribution in [0.1, 0.15) is 13.3 Å². The van der Waals surface area contributed by atoms with Gasteiger partial charge >= 0.3 is 0 Å². The van der Waals surface area contributed by atoms with Crippen LogP contribution >= 0.6 is 11.8 Å². The highest BCUT2D eigenvalue weighted by atomic mass is 32.2. The maximum absolute atomic E-state index is 8.62. The molecule has 1 aliphatic heterocycles. The van der Waals surface area contributed by atoms with Crippen LogP contribution in [-0.2, 0) is 0 Å². The smallest absolute Gasteiger partial charge is 0.208 e. The Balaban J connectivity index is 2.75. The fraction of sp³-hybridized carbons (Fsp3) is 0.800. The summed E-state index contributed by atoms with van der Waals surface area (Å²) in [6.07, 6.45) is 4.98. The maximum Gasteiger partial charge on any atom is 0.208 e. The van der Waals surface area contributed by atoms with E-state index in [1.807, 2.05) is 12.4 Å². The van der Waals surface area contributed by atoms with E-state index in [0.717, 1.165) is 31.2 Å². The Kier molecular flexibility index (Phi) is 4.92. The van der Waals surface area contributed by atoms with E-state index >= 15 is 0 Å². The van der Waals surface area contributed by atoms with Gasteiger partial charge in [0, 0.05) is 19.1 Å². The van der Waals surface area contributed by atoms with Gasteiger partial charge in [-0.05, 0) is 33.2 Å². The third-order valence-electron chi connectivity index (χ3n) is 2.62. The molecule has 1 saturated heterocycles. The van der Waals surface area contributed by atoms with Crippen LogP contribution < -0.4 is 0 Å². The van der Waals surface area contributed by atoms with E-state index in [1.165, 1.54) is 0 Å². The Hall–Kier alpha value is -0.730. The molecule has 1 rings (SSSR count). The van der Waals surface area contributed by atoms with Crippen LogP contribution in [0, 0.1) is 11.5 Å². The van der Waals surface area contributed by atoms with Gasteiger partial charge < -0.3 is 9.80 Å². The number of likely N-dealkylation sites (N-methyl/N-ethyl adjacent to an activating group) is 1. The van der Waals surface area contributed by atoms with Crippen molar-refractivity contribution in [3.8, 4) is 6.19 Å². The van der Waals surface area contributed by atoms with Crippen molar-refractivity contribution in [2.45, 2.75) is 19.4 Å². The second-order valence-electron chi connectivity index (χ2n) is 3.86. The lowest BCUT2D eigenvalue weighted by Gasteiger charge is -2.29. The molecule has 1 unspecified atom stereocenters. The van der Waals surface area contributed by atoms with E-state index in [1.54, 1.807) is 11.8 Å². The Morgan fingerprint density at radius 1 is 1.53 bits per heavy atom. The minimum Gasteiger partial charge on any atom is -0.347 e. The Morgan fingerprint density at radius 2 is 2.27 bits per heavy atom. The number of rotatable bonds is 0. The quantitative estimate of drug-likeness (QED) is 0.354. The van der Waals surface area contributed by atoms with Crippen LogP contribution in [0.5, 0.6) is 0 Å². The molecule has 0 aromatic rings. The summed E-state index contributed by atoms with van der Waals surface area (Å²) >= 11 is 1.55. The monoisotopic (exact) mass is 226 g/mol. The summed E-state index contributed by atoms with van der Waals surface area (Å²) in [5.74, 6) is 0. The average Bonchev–Trinajstić information content (AvgIpc) is 2.36. The molecule has 0 aromatic heterocycles. The molecule has 0 saturated carbocycles. The van der Waals surface area contributed by atoms with Crippen molar-refractivity contribution in [3.63, 3.8) is 0 Å². The van der Waals surface area contributed by atoms with Crippen molar-refractivity contribution in [3.05, 3.63) is 0 Å². The molecule has 15 heavy (non-hydrogen) atoms. The molecular weight excluding hydrogens is 208 g/mol. The lowest BCUT2D eigenvalue weighted by Crippen LogP contribution is -2.40.